The van der Waals surface area contributed by atoms with E-state index in [1.54, 1.807) is 60.9 Å². The number of aliphatic imine (C=N–C) groups is 1. The van der Waals surface area contributed by atoms with Crippen molar-refractivity contribution in [3.8, 4) is 0 Å². The highest BCUT2D eigenvalue weighted by Gasteiger charge is 2.30. The van der Waals surface area contributed by atoms with Crippen LogP contribution >= 0.6 is 0 Å². The fourth-order valence-electron chi connectivity index (χ4n) is 6.83. The number of hydrogen-bond acceptors (Lipinski definition) is 13. The lowest BCUT2D eigenvalue weighted by Crippen LogP contribution is -2.52. The Kier molecular flexibility index (Phi) is 25.8. The lowest BCUT2D eigenvalue weighted by molar-refractivity contribution is -0.148. The molecule has 6 amide bonds. The van der Waals surface area contributed by atoms with Crippen molar-refractivity contribution < 1.29 is 48.2 Å². The van der Waals surface area contributed by atoms with E-state index in [4.69, 9.17) is 16.2 Å². The molecule has 0 spiro atoms. The highest BCUT2D eigenvalue weighted by molar-refractivity contribution is 5.93. The molecule has 6 N–H and O–H groups in total. The first-order valence-electron chi connectivity index (χ1n) is 23.0. The van der Waals surface area contributed by atoms with Gasteiger partial charge in [-0.25, -0.2) is 0 Å². The standard InChI is InChI=1S/C48H68N12O10/c1-4-5-16-40(61)31-55(2)42(63)32-57(22-17-47(68)69)44(65)36-60(30-39-15-10-19-52-27-39)45(66)33-56(21-11-20-54-48(49)50)43(64)35-59(29-37-12-7-6-8-13-37)46(67)34-58(23-24-70-3)41(62)28-53-26-38-14-9-18-51-25-38/h6-10,12-15,18-19,25,27,53H,4-5,11,16-17,20-24,26,28-36H2,1-3H3,(H,68,69)(H4,49,50,54). The van der Waals surface area contributed by atoms with Gasteiger partial charge in [-0.15, -0.1) is 0 Å². The molecule has 0 saturated heterocycles. The molecule has 0 saturated carbocycles. The number of aliphatic carboxylic acids is 1. The number of carbonyl (C=O) groups excluding carboxylic acids is 7. The van der Waals surface area contributed by atoms with Crippen LogP contribution in [0.15, 0.2) is 84.4 Å². The summed E-state index contributed by atoms with van der Waals surface area (Å²) in [5.74, 6) is -5.24. The summed E-state index contributed by atoms with van der Waals surface area (Å²) in [6.07, 6.45) is 7.72. The van der Waals surface area contributed by atoms with Crippen molar-refractivity contribution in [3.63, 3.8) is 0 Å². The van der Waals surface area contributed by atoms with E-state index in [1.807, 2.05) is 13.0 Å². The molecule has 3 aromatic rings. The highest BCUT2D eigenvalue weighted by Crippen LogP contribution is 2.12. The maximum atomic E-state index is 14.5. The van der Waals surface area contributed by atoms with Crippen LogP contribution in [-0.4, -0.2) is 190 Å². The minimum absolute atomic E-state index is 0.0264. The minimum atomic E-state index is -1.23. The molecule has 22 nitrogen and oxygen atoms in total. The number of amides is 6. The topological polar surface area (TPSA) is 288 Å². The maximum Gasteiger partial charge on any atom is 0.305 e. The Morgan fingerprint density at radius 2 is 1.16 bits per heavy atom. The van der Waals surface area contributed by atoms with Gasteiger partial charge in [0.2, 0.25) is 35.4 Å². The number of Topliss-reactive ketones (excluding diaryl/α,β-unsaturated/α-hetero) is 1. The first kappa shape index (κ1) is 57.0. The lowest BCUT2D eigenvalue weighted by Gasteiger charge is -2.32. The third-order valence-electron chi connectivity index (χ3n) is 10.7. The lowest BCUT2D eigenvalue weighted by atomic mass is 10.2. The average Bonchev–Trinajstić information content (AvgIpc) is 3.34. The number of benzene rings is 1. The van der Waals surface area contributed by atoms with Crippen molar-refractivity contribution in [1.82, 2.24) is 44.7 Å². The van der Waals surface area contributed by atoms with E-state index in [2.05, 4.69) is 20.3 Å². The molecule has 2 heterocycles. The molecule has 0 fully saturated rings. The maximum absolute atomic E-state index is 14.5. The van der Waals surface area contributed by atoms with Gasteiger partial charge in [0.25, 0.3) is 0 Å². The van der Waals surface area contributed by atoms with Crippen molar-refractivity contribution in [1.29, 1.82) is 0 Å². The van der Waals surface area contributed by atoms with Gasteiger partial charge in [0.15, 0.2) is 11.7 Å². The number of nitrogens with two attached hydrogens (primary N) is 2. The van der Waals surface area contributed by atoms with E-state index in [0.717, 1.165) is 16.9 Å². The Bertz CT molecular complexity index is 2160. The number of carboxylic acid groups (broad SMARTS) is 1. The zero-order chi connectivity index (χ0) is 51.3. The Morgan fingerprint density at radius 1 is 0.629 bits per heavy atom. The number of carboxylic acids is 1. The molecule has 0 radical (unpaired) electrons. The number of nitrogens with zero attached hydrogens (tertiary/aromatic N) is 9. The number of ketones is 1. The first-order valence-corrected chi connectivity index (χ1v) is 23.0. The van der Waals surface area contributed by atoms with Crippen molar-refractivity contribution in [3.05, 3.63) is 96.1 Å². The number of aromatic nitrogens is 2. The zero-order valence-corrected chi connectivity index (χ0v) is 40.4. The summed E-state index contributed by atoms with van der Waals surface area (Å²) in [5, 5.41) is 12.6. The van der Waals surface area contributed by atoms with Crippen LogP contribution in [0.1, 0.15) is 55.7 Å². The molecule has 1 aromatic carbocycles. The Hall–Kier alpha value is -7.33. The van der Waals surface area contributed by atoms with Crippen LogP contribution < -0.4 is 16.8 Å². The van der Waals surface area contributed by atoms with Crippen LogP contribution in [0, 0.1) is 0 Å². The molecule has 0 bridgehead atoms. The van der Waals surface area contributed by atoms with Crippen LogP contribution in [0.2, 0.25) is 0 Å². The predicted octanol–water partition coefficient (Wildman–Crippen LogP) is 0.112. The Morgan fingerprint density at radius 3 is 1.71 bits per heavy atom. The molecule has 0 atom stereocenters. The van der Waals surface area contributed by atoms with E-state index in [1.165, 1.54) is 51.1 Å². The van der Waals surface area contributed by atoms with Crippen LogP contribution in [-0.2, 0) is 62.7 Å². The summed E-state index contributed by atoms with van der Waals surface area (Å²) in [5.41, 5.74) is 13.2. The van der Waals surface area contributed by atoms with E-state index in [0.29, 0.717) is 24.1 Å². The molecular formula is C48H68N12O10. The monoisotopic (exact) mass is 973 g/mol. The average molecular weight is 973 g/mol. The quantitative estimate of drug-likeness (QED) is 0.0358. The minimum Gasteiger partial charge on any atom is -0.481 e. The number of likely N-dealkylation sites (N-methyl/N-ethyl adjacent to an activating group) is 1. The third-order valence-corrected chi connectivity index (χ3v) is 10.7. The molecule has 22 heteroatoms. The van der Waals surface area contributed by atoms with E-state index >= 15 is 0 Å². The number of guanidine groups is 1. The number of rotatable bonds is 33. The number of nitrogens with one attached hydrogen (secondary N) is 1. The number of hydrogen-bond donors (Lipinski definition) is 4. The number of pyridine rings is 2. The van der Waals surface area contributed by atoms with Crippen LogP contribution in [0.25, 0.3) is 0 Å². The van der Waals surface area contributed by atoms with Crippen LogP contribution in [0.5, 0.6) is 0 Å². The molecule has 3 rings (SSSR count). The van der Waals surface area contributed by atoms with Gasteiger partial charge in [0.05, 0.1) is 45.8 Å². The zero-order valence-electron chi connectivity index (χ0n) is 40.4. The van der Waals surface area contributed by atoms with Gasteiger partial charge in [-0.3, -0.25) is 53.3 Å². The second-order valence-corrected chi connectivity index (χ2v) is 16.4. The molecule has 0 aliphatic heterocycles. The summed E-state index contributed by atoms with van der Waals surface area (Å²) in [6, 6.07) is 15.9. The number of ether oxygens (including phenoxy) is 1. The Balaban J connectivity index is 1.92. The molecule has 0 unspecified atom stereocenters. The fraction of sp³-hybridized carbons (Fsp3) is 0.479. The molecule has 0 aliphatic rings. The van der Waals surface area contributed by atoms with Gasteiger partial charge in [0, 0.05) is 91.2 Å². The van der Waals surface area contributed by atoms with Gasteiger partial charge in [-0.2, -0.15) is 0 Å². The molecular weight excluding hydrogens is 905 g/mol. The number of unbranched alkanes of at least 4 members (excludes halogenated alkanes) is 1. The normalized spacial score (nSPS) is 10.7. The van der Waals surface area contributed by atoms with Crippen molar-refractivity contribution in [2.45, 2.75) is 58.7 Å². The highest BCUT2D eigenvalue weighted by atomic mass is 16.5. The van der Waals surface area contributed by atoms with Crippen molar-refractivity contribution in [2.75, 3.05) is 92.8 Å². The number of methoxy groups -OCH3 is 1. The van der Waals surface area contributed by atoms with Gasteiger partial charge >= 0.3 is 5.97 Å². The van der Waals surface area contributed by atoms with Gasteiger partial charge in [-0.05, 0) is 41.7 Å². The van der Waals surface area contributed by atoms with E-state index in [9.17, 15) is 43.5 Å². The van der Waals surface area contributed by atoms with Crippen molar-refractivity contribution in [2.24, 2.45) is 16.5 Å². The fourth-order valence-corrected chi connectivity index (χ4v) is 6.83. The third kappa shape index (κ3) is 22.2. The van der Waals surface area contributed by atoms with Gasteiger partial charge in [-0.1, -0.05) is 55.8 Å². The van der Waals surface area contributed by atoms with E-state index in [-0.39, 0.29) is 89.5 Å². The largest absolute Gasteiger partial charge is 0.481 e. The summed E-state index contributed by atoms with van der Waals surface area (Å²) >= 11 is 0. The van der Waals surface area contributed by atoms with E-state index < -0.39 is 74.6 Å². The molecule has 0 aliphatic carbocycles. The summed E-state index contributed by atoms with van der Waals surface area (Å²) in [4.78, 5) is 128. The Labute approximate surface area is 409 Å². The first-order chi connectivity index (χ1) is 33.6. The number of carbonyl (C=O) groups is 8. The predicted molar refractivity (Wildman–Crippen MR) is 259 cm³/mol. The van der Waals surface area contributed by atoms with Crippen LogP contribution in [0.4, 0.5) is 0 Å². The summed E-state index contributed by atoms with van der Waals surface area (Å²) in [6.45, 7) is -1.02. The molecule has 70 heavy (non-hydrogen) atoms. The van der Waals surface area contributed by atoms with Gasteiger partial charge in [0.1, 0.15) is 13.1 Å². The van der Waals surface area contributed by atoms with Crippen LogP contribution in [0.3, 0.4) is 0 Å². The summed E-state index contributed by atoms with van der Waals surface area (Å²) < 4.78 is 5.25. The molecule has 2 aromatic heterocycles. The second-order valence-electron chi connectivity index (χ2n) is 16.4. The molecule has 380 valence electrons. The second kappa shape index (κ2) is 31.7. The van der Waals surface area contributed by atoms with Crippen molar-refractivity contribution >= 4 is 53.2 Å². The SMILES string of the molecule is CCCCC(=O)CN(C)C(=O)CN(CCC(=O)O)C(=O)CN(Cc1cccnc1)C(=O)CN(CCCN=C(N)N)C(=O)CN(Cc1ccccc1)C(=O)CN(CCOC)C(=O)CNCc1cccnc1. The smallest absolute Gasteiger partial charge is 0.305 e. The summed E-state index contributed by atoms with van der Waals surface area (Å²) in [7, 11) is 2.89. The van der Waals surface area contributed by atoms with Gasteiger partial charge < -0.3 is 56.0 Å².